The first-order valence-corrected chi connectivity index (χ1v) is 7.09. The predicted molar refractivity (Wildman–Crippen MR) is 72.5 cm³/mol. The van der Waals surface area contributed by atoms with Gasteiger partial charge in [-0.25, -0.2) is 4.98 Å². The van der Waals surface area contributed by atoms with Gasteiger partial charge in [0.15, 0.2) is 5.16 Å². The Morgan fingerprint density at radius 1 is 1.63 bits per heavy atom. The van der Waals surface area contributed by atoms with Crippen LogP contribution in [0.5, 0.6) is 0 Å². The smallest absolute Gasteiger partial charge is 0.267 e. The molecule has 0 radical (unpaired) electrons. The molecule has 0 atom stereocenters. The van der Waals surface area contributed by atoms with Gasteiger partial charge in [-0.2, -0.15) is 0 Å². The average molecular weight is 283 g/mol. The average Bonchev–Trinajstić information content (AvgIpc) is 2.77. The Balaban J connectivity index is 2.24. The Labute approximate surface area is 115 Å². The van der Waals surface area contributed by atoms with Crippen molar-refractivity contribution in [3.63, 3.8) is 0 Å². The largest absolute Gasteiger partial charge is 0.396 e. The summed E-state index contributed by atoms with van der Waals surface area (Å²) in [5.41, 5.74) is -0.805. The number of hydrogen-bond donors (Lipinski definition) is 2. The molecule has 6 nitrogen and oxygen atoms in total. The highest BCUT2D eigenvalue weighted by atomic mass is 32.2. The SMILES string of the molecule is CC(C)(CCO)NC(=O)c1cnc2n(c1=O)CCS2. The monoisotopic (exact) mass is 283 g/mol. The van der Waals surface area contributed by atoms with E-state index in [-0.39, 0.29) is 17.7 Å². The number of fused-ring (bicyclic) bond motifs is 1. The molecule has 7 heteroatoms. The summed E-state index contributed by atoms with van der Waals surface area (Å²) >= 11 is 1.51. The second kappa shape index (κ2) is 5.34. The fraction of sp³-hybridized carbons (Fsp3) is 0.583. The Morgan fingerprint density at radius 3 is 3.05 bits per heavy atom. The third-order valence-corrected chi connectivity index (χ3v) is 3.96. The molecule has 0 saturated heterocycles. The van der Waals surface area contributed by atoms with E-state index in [0.717, 1.165) is 5.75 Å². The molecule has 1 aliphatic rings. The van der Waals surface area contributed by atoms with E-state index in [1.54, 1.807) is 13.8 Å². The van der Waals surface area contributed by atoms with Gasteiger partial charge in [0.1, 0.15) is 5.56 Å². The van der Waals surface area contributed by atoms with Crippen LogP contribution >= 0.6 is 11.8 Å². The topological polar surface area (TPSA) is 84.2 Å². The number of aliphatic hydroxyl groups excluding tert-OH is 1. The van der Waals surface area contributed by atoms with Crippen molar-refractivity contribution >= 4 is 17.7 Å². The van der Waals surface area contributed by atoms with Gasteiger partial charge in [0, 0.05) is 30.6 Å². The van der Waals surface area contributed by atoms with Crippen LogP contribution in [-0.2, 0) is 6.54 Å². The molecule has 0 aromatic carbocycles. The van der Waals surface area contributed by atoms with Crippen LogP contribution < -0.4 is 10.9 Å². The van der Waals surface area contributed by atoms with Crippen LogP contribution in [0.3, 0.4) is 0 Å². The van der Waals surface area contributed by atoms with Gasteiger partial charge in [0.25, 0.3) is 11.5 Å². The fourth-order valence-electron chi connectivity index (χ4n) is 1.89. The van der Waals surface area contributed by atoms with Crippen molar-refractivity contribution in [2.24, 2.45) is 0 Å². The minimum atomic E-state index is -0.559. The Morgan fingerprint density at radius 2 is 2.37 bits per heavy atom. The number of aromatic nitrogens is 2. The van der Waals surface area contributed by atoms with Gasteiger partial charge in [-0.15, -0.1) is 0 Å². The van der Waals surface area contributed by atoms with Gasteiger partial charge in [0.05, 0.1) is 0 Å². The molecule has 2 rings (SSSR count). The maximum atomic E-state index is 12.1. The molecule has 0 spiro atoms. The van der Waals surface area contributed by atoms with Crippen LogP contribution in [0.15, 0.2) is 16.1 Å². The number of nitrogens with zero attached hydrogens (tertiary/aromatic N) is 2. The highest BCUT2D eigenvalue weighted by molar-refractivity contribution is 7.99. The van der Waals surface area contributed by atoms with E-state index in [4.69, 9.17) is 5.11 Å². The fourth-order valence-corrected chi connectivity index (χ4v) is 2.80. The minimum absolute atomic E-state index is 0.0225. The van der Waals surface area contributed by atoms with Gasteiger partial charge in [-0.3, -0.25) is 14.2 Å². The van der Waals surface area contributed by atoms with Crippen molar-refractivity contribution in [3.8, 4) is 0 Å². The second-order valence-electron chi connectivity index (χ2n) is 5.07. The summed E-state index contributed by atoms with van der Waals surface area (Å²) in [5, 5.41) is 12.3. The van der Waals surface area contributed by atoms with Crippen LogP contribution in [0.1, 0.15) is 30.6 Å². The van der Waals surface area contributed by atoms with Crippen LogP contribution in [0.2, 0.25) is 0 Å². The molecule has 0 saturated carbocycles. The maximum absolute atomic E-state index is 12.1. The van der Waals surface area contributed by atoms with E-state index in [1.807, 2.05) is 0 Å². The zero-order valence-corrected chi connectivity index (χ0v) is 11.8. The van der Waals surface area contributed by atoms with Crippen LogP contribution in [-0.4, -0.2) is 38.5 Å². The summed E-state index contributed by atoms with van der Waals surface area (Å²) in [6, 6.07) is 0. The van der Waals surface area contributed by atoms with E-state index < -0.39 is 11.4 Å². The number of rotatable bonds is 4. The lowest BCUT2D eigenvalue weighted by Crippen LogP contribution is -2.46. The minimum Gasteiger partial charge on any atom is -0.396 e. The summed E-state index contributed by atoms with van der Waals surface area (Å²) < 4.78 is 1.53. The van der Waals surface area contributed by atoms with E-state index in [9.17, 15) is 9.59 Å². The number of aliphatic hydroxyl groups is 1. The van der Waals surface area contributed by atoms with Gasteiger partial charge in [0.2, 0.25) is 0 Å². The molecule has 0 aliphatic carbocycles. The van der Waals surface area contributed by atoms with Crippen molar-refractivity contribution in [1.82, 2.24) is 14.9 Å². The second-order valence-corrected chi connectivity index (χ2v) is 6.13. The molecule has 1 aromatic heterocycles. The number of amides is 1. The van der Waals surface area contributed by atoms with Crippen LogP contribution in [0.4, 0.5) is 0 Å². The highest BCUT2D eigenvalue weighted by Gasteiger charge is 2.24. The van der Waals surface area contributed by atoms with E-state index in [2.05, 4.69) is 10.3 Å². The zero-order valence-electron chi connectivity index (χ0n) is 11.0. The van der Waals surface area contributed by atoms with Gasteiger partial charge in [-0.1, -0.05) is 11.8 Å². The third-order valence-electron chi connectivity index (χ3n) is 2.99. The molecule has 2 N–H and O–H groups in total. The van der Waals surface area contributed by atoms with Crippen LogP contribution in [0, 0.1) is 0 Å². The Bertz CT molecular complexity index is 554. The van der Waals surface area contributed by atoms with Gasteiger partial charge >= 0.3 is 0 Å². The molecular formula is C12H17N3O3S. The van der Waals surface area contributed by atoms with Gasteiger partial charge in [-0.05, 0) is 20.3 Å². The lowest BCUT2D eigenvalue weighted by molar-refractivity contribution is 0.0896. The molecule has 2 heterocycles. The zero-order chi connectivity index (χ0) is 14.0. The summed E-state index contributed by atoms with van der Waals surface area (Å²) in [6.07, 6.45) is 1.76. The third kappa shape index (κ3) is 2.98. The lowest BCUT2D eigenvalue weighted by Gasteiger charge is -2.25. The van der Waals surface area contributed by atoms with E-state index >= 15 is 0 Å². The quantitative estimate of drug-likeness (QED) is 0.773. The van der Waals surface area contributed by atoms with Crippen molar-refractivity contribution in [3.05, 3.63) is 22.1 Å². The number of hydrogen-bond acceptors (Lipinski definition) is 5. The van der Waals surface area contributed by atoms with Crippen molar-refractivity contribution < 1.29 is 9.90 Å². The normalized spacial score (nSPS) is 14.3. The molecule has 1 aliphatic heterocycles. The summed E-state index contributed by atoms with van der Waals surface area (Å²) in [7, 11) is 0. The van der Waals surface area contributed by atoms with Crippen LogP contribution in [0.25, 0.3) is 0 Å². The molecule has 104 valence electrons. The summed E-state index contributed by atoms with van der Waals surface area (Å²) in [6.45, 7) is 4.17. The lowest BCUT2D eigenvalue weighted by atomic mass is 10.0. The van der Waals surface area contributed by atoms with Crippen molar-refractivity contribution in [1.29, 1.82) is 0 Å². The van der Waals surface area contributed by atoms with Gasteiger partial charge < -0.3 is 10.4 Å². The first kappa shape index (κ1) is 14.1. The molecule has 0 bridgehead atoms. The van der Waals surface area contributed by atoms with Crippen molar-refractivity contribution in [2.75, 3.05) is 12.4 Å². The standard InChI is InChI=1S/C12H17N3O3S/c1-12(2,3-5-16)14-9(17)8-7-13-11-15(10(8)18)4-6-19-11/h7,16H,3-6H2,1-2H3,(H,14,17). The van der Waals surface area contributed by atoms with E-state index in [0.29, 0.717) is 18.1 Å². The van der Waals surface area contributed by atoms with Crippen molar-refractivity contribution in [2.45, 2.75) is 37.5 Å². The maximum Gasteiger partial charge on any atom is 0.267 e. The first-order valence-electron chi connectivity index (χ1n) is 6.10. The Hall–Kier alpha value is -1.34. The molecule has 19 heavy (non-hydrogen) atoms. The first-order chi connectivity index (χ1) is 8.94. The molecule has 1 aromatic rings. The Kier molecular flexibility index (Phi) is 3.96. The number of carbonyl (C=O) groups excluding carboxylic acids is 1. The predicted octanol–water partition coefficient (Wildman–Crippen LogP) is 0.240. The summed E-state index contributed by atoms with van der Waals surface area (Å²) in [4.78, 5) is 28.4. The molecule has 0 fully saturated rings. The molecular weight excluding hydrogens is 266 g/mol. The molecule has 0 unspecified atom stereocenters. The van der Waals surface area contributed by atoms with E-state index in [1.165, 1.54) is 22.5 Å². The number of nitrogens with one attached hydrogen (secondary N) is 1. The molecule has 1 amide bonds. The number of carbonyl (C=O) groups is 1. The highest BCUT2D eigenvalue weighted by Crippen LogP contribution is 2.20. The number of thioether (sulfide) groups is 1. The summed E-state index contributed by atoms with van der Waals surface area (Å²) in [5.74, 6) is 0.367.